The zero-order valence-electron chi connectivity index (χ0n) is 18.0. The summed E-state index contributed by atoms with van der Waals surface area (Å²) in [6.45, 7) is 4.54. The van der Waals surface area contributed by atoms with Crippen LogP contribution in [0.15, 0.2) is 36.3 Å². The Morgan fingerprint density at radius 2 is 2.00 bits per heavy atom. The summed E-state index contributed by atoms with van der Waals surface area (Å²) < 4.78 is 49.5. The van der Waals surface area contributed by atoms with Gasteiger partial charge < -0.3 is 30.1 Å². The van der Waals surface area contributed by atoms with Gasteiger partial charge in [0.05, 0.1) is 24.8 Å². The first-order valence-corrected chi connectivity index (χ1v) is 10.4. The molecule has 2 aromatic rings. The SMILES string of the molecule is C/C(Oc1cnc(N2CCNCC2)cn1)=C1\OC[C@H](Nc2cncc(C(F)(F)F)n2)C(=O)[C@H]1O. The topological polar surface area (TPSA) is 135 Å². The van der Waals surface area contributed by atoms with Gasteiger partial charge in [0.1, 0.15) is 30.0 Å². The highest BCUT2D eigenvalue weighted by Gasteiger charge is 2.38. The summed E-state index contributed by atoms with van der Waals surface area (Å²) in [7, 11) is 0. The maximum absolute atomic E-state index is 12.8. The fourth-order valence-corrected chi connectivity index (χ4v) is 3.44. The molecule has 2 aliphatic rings. The molecule has 0 aromatic carbocycles. The van der Waals surface area contributed by atoms with Crippen LogP contribution in [-0.4, -0.2) is 75.8 Å². The third kappa shape index (κ3) is 5.34. The lowest BCUT2D eigenvalue weighted by molar-refractivity contribution is -0.141. The molecule has 4 rings (SSSR count). The second-order valence-electron chi connectivity index (χ2n) is 7.57. The van der Waals surface area contributed by atoms with Crippen LogP contribution in [0.1, 0.15) is 12.6 Å². The minimum atomic E-state index is -4.69. The number of ketones is 1. The predicted molar refractivity (Wildman–Crippen MR) is 112 cm³/mol. The number of Topliss-reactive ketones (excluding diaryl/α,β-unsaturated/α-hetero) is 1. The molecule has 2 aromatic heterocycles. The largest absolute Gasteiger partial charge is 0.489 e. The molecule has 3 N–H and O–H groups in total. The lowest BCUT2D eigenvalue weighted by Crippen LogP contribution is -2.47. The van der Waals surface area contributed by atoms with Crippen LogP contribution in [0.25, 0.3) is 0 Å². The molecule has 0 radical (unpaired) electrons. The van der Waals surface area contributed by atoms with Gasteiger partial charge in [0.2, 0.25) is 5.88 Å². The van der Waals surface area contributed by atoms with Gasteiger partial charge in [-0.3, -0.25) is 9.78 Å². The highest BCUT2D eigenvalue weighted by Crippen LogP contribution is 2.28. The van der Waals surface area contributed by atoms with Gasteiger partial charge in [0, 0.05) is 26.2 Å². The fourth-order valence-electron chi connectivity index (χ4n) is 3.44. The number of halogens is 3. The third-order valence-corrected chi connectivity index (χ3v) is 5.17. The van der Waals surface area contributed by atoms with Crippen molar-refractivity contribution in [1.29, 1.82) is 0 Å². The Morgan fingerprint density at radius 3 is 2.68 bits per heavy atom. The van der Waals surface area contributed by atoms with Crippen LogP contribution >= 0.6 is 0 Å². The van der Waals surface area contributed by atoms with E-state index in [9.17, 15) is 23.1 Å². The summed E-state index contributed by atoms with van der Waals surface area (Å²) in [6.07, 6.45) is -1.78. The summed E-state index contributed by atoms with van der Waals surface area (Å²) in [6, 6.07) is -1.14. The van der Waals surface area contributed by atoms with E-state index < -0.39 is 29.8 Å². The van der Waals surface area contributed by atoms with Gasteiger partial charge >= 0.3 is 6.18 Å². The summed E-state index contributed by atoms with van der Waals surface area (Å²) in [5, 5.41) is 16.2. The van der Waals surface area contributed by atoms with Crippen molar-refractivity contribution in [3.63, 3.8) is 0 Å². The normalized spacial score (nSPS) is 22.7. The molecule has 0 saturated carbocycles. The number of carbonyl (C=O) groups is 1. The van der Waals surface area contributed by atoms with Gasteiger partial charge in [-0.15, -0.1) is 0 Å². The number of nitrogens with one attached hydrogen (secondary N) is 2. The van der Waals surface area contributed by atoms with Crippen molar-refractivity contribution < 1.29 is 32.5 Å². The van der Waals surface area contributed by atoms with Gasteiger partial charge in [-0.2, -0.15) is 13.2 Å². The Hall–Kier alpha value is -3.52. The van der Waals surface area contributed by atoms with Crippen LogP contribution < -0.4 is 20.3 Å². The number of aliphatic hydroxyl groups excluding tert-OH is 1. The molecule has 0 bridgehead atoms. The molecule has 0 spiro atoms. The third-order valence-electron chi connectivity index (χ3n) is 5.17. The minimum absolute atomic E-state index is 0.0994. The molecule has 14 heteroatoms. The molecular formula is C20H22F3N7O4. The number of allylic oxidation sites excluding steroid dienone is 1. The molecule has 4 heterocycles. The molecule has 2 saturated heterocycles. The highest BCUT2D eigenvalue weighted by molar-refractivity contribution is 5.93. The van der Waals surface area contributed by atoms with Crippen molar-refractivity contribution in [2.45, 2.75) is 25.2 Å². The fraction of sp³-hybridized carbons (Fsp3) is 0.450. The number of ether oxygens (including phenoxy) is 2. The standard InChI is InChI=1S/C20H22F3N7O4/c1-11(34-16-9-26-15(8-27-16)30-4-2-24-3-5-30)19-18(32)17(31)12(10-33-19)28-14-7-25-6-13(29-14)20(21,22)23/h6-9,12,18,24,32H,2-5,10H2,1H3,(H,28,29)/b19-11+/t12-,18+/m0/s1. The highest BCUT2D eigenvalue weighted by atomic mass is 19.4. The summed E-state index contributed by atoms with van der Waals surface area (Å²) in [4.78, 5) is 30.1. The van der Waals surface area contributed by atoms with Gasteiger partial charge in [0.25, 0.3) is 0 Å². The van der Waals surface area contributed by atoms with Gasteiger partial charge in [-0.1, -0.05) is 0 Å². The van der Waals surface area contributed by atoms with E-state index in [1.54, 1.807) is 6.20 Å². The zero-order chi connectivity index (χ0) is 24.3. The zero-order valence-corrected chi connectivity index (χ0v) is 18.0. The number of hydrogen-bond donors (Lipinski definition) is 3. The number of alkyl halides is 3. The summed E-state index contributed by atoms with van der Waals surface area (Å²) in [5.41, 5.74) is -1.21. The van der Waals surface area contributed by atoms with Crippen molar-refractivity contribution in [2.75, 3.05) is 43.0 Å². The molecule has 0 aliphatic carbocycles. The molecule has 11 nitrogen and oxygen atoms in total. The molecule has 182 valence electrons. The van der Waals surface area contributed by atoms with E-state index in [1.165, 1.54) is 13.1 Å². The summed E-state index contributed by atoms with van der Waals surface area (Å²) >= 11 is 0. The number of nitrogens with zero attached hydrogens (tertiary/aromatic N) is 5. The number of aromatic nitrogens is 4. The van der Waals surface area contributed by atoms with Crippen LogP contribution in [0, 0.1) is 0 Å². The minimum Gasteiger partial charge on any atom is -0.489 e. The van der Waals surface area contributed by atoms with E-state index in [0.29, 0.717) is 12.0 Å². The number of rotatable bonds is 5. The Labute approximate surface area is 192 Å². The number of piperazine rings is 1. The number of carbonyl (C=O) groups excluding carboxylic acids is 1. The molecule has 2 aliphatic heterocycles. The Morgan fingerprint density at radius 1 is 1.24 bits per heavy atom. The second-order valence-corrected chi connectivity index (χ2v) is 7.57. The smallest absolute Gasteiger partial charge is 0.434 e. The molecular weight excluding hydrogens is 459 g/mol. The summed E-state index contributed by atoms with van der Waals surface area (Å²) in [5.74, 6) is -0.164. The first kappa shape index (κ1) is 23.6. The maximum Gasteiger partial charge on any atom is 0.434 e. The van der Waals surface area contributed by atoms with E-state index in [1.807, 2.05) is 0 Å². The number of aliphatic hydroxyl groups is 1. The van der Waals surface area contributed by atoms with Crippen LogP contribution in [0.3, 0.4) is 0 Å². The van der Waals surface area contributed by atoms with E-state index in [4.69, 9.17) is 9.47 Å². The van der Waals surface area contributed by atoms with Gasteiger partial charge in [0.15, 0.2) is 23.3 Å². The molecule has 34 heavy (non-hydrogen) atoms. The van der Waals surface area contributed by atoms with Crippen molar-refractivity contribution >= 4 is 17.4 Å². The monoisotopic (exact) mass is 481 g/mol. The quantitative estimate of drug-likeness (QED) is 0.522. The lowest BCUT2D eigenvalue weighted by atomic mass is 10.0. The Balaban J connectivity index is 1.40. The first-order chi connectivity index (χ1) is 16.2. The van der Waals surface area contributed by atoms with Gasteiger partial charge in [-0.25, -0.2) is 15.0 Å². The molecule has 0 amide bonds. The average molecular weight is 481 g/mol. The van der Waals surface area contributed by atoms with E-state index in [-0.39, 0.29) is 29.8 Å². The van der Waals surface area contributed by atoms with Crippen molar-refractivity contribution in [2.24, 2.45) is 0 Å². The maximum atomic E-state index is 12.8. The van der Waals surface area contributed by atoms with E-state index >= 15 is 0 Å². The predicted octanol–water partition coefficient (Wildman–Crippen LogP) is 0.746. The van der Waals surface area contributed by atoms with Crippen LogP contribution in [0.2, 0.25) is 0 Å². The van der Waals surface area contributed by atoms with Crippen molar-refractivity contribution in [1.82, 2.24) is 25.3 Å². The molecule has 0 unspecified atom stereocenters. The average Bonchev–Trinajstić information content (AvgIpc) is 2.83. The van der Waals surface area contributed by atoms with Crippen LogP contribution in [0.5, 0.6) is 5.88 Å². The molecule has 2 fully saturated rings. The second kappa shape index (κ2) is 9.77. The van der Waals surface area contributed by atoms with Crippen LogP contribution in [0.4, 0.5) is 24.8 Å². The van der Waals surface area contributed by atoms with E-state index in [2.05, 4.69) is 35.5 Å². The lowest BCUT2D eigenvalue weighted by Gasteiger charge is -2.29. The first-order valence-electron chi connectivity index (χ1n) is 10.4. The van der Waals surface area contributed by atoms with E-state index in [0.717, 1.165) is 32.4 Å². The van der Waals surface area contributed by atoms with Crippen molar-refractivity contribution in [3.05, 3.63) is 42.0 Å². The number of hydrogen-bond acceptors (Lipinski definition) is 11. The van der Waals surface area contributed by atoms with Crippen molar-refractivity contribution in [3.8, 4) is 5.88 Å². The number of anilines is 2. The Kier molecular flexibility index (Phi) is 6.79. The molecule has 2 atom stereocenters. The van der Waals surface area contributed by atoms with Gasteiger partial charge in [-0.05, 0) is 6.92 Å². The Bertz CT molecular complexity index is 1060. The van der Waals surface area contributed by atoms with Crippen LogP contribution in [-0.2, 0) is 15.7 Å².